The van der Waals surface area contributed by atoms with Crippen LogP contribution in [0.15, 0.2) is 40.1 Å². The molecule has 2 amide bonds. The van der Waals surface area contributed by atoms with Crippen molar-refractivity contribution in [2.75, 3.05) is 50.0 Å². The molecule has 0 aromatic carbocycles. The first kappa shape index (κ1) is 26.0. The Hall–Kier alpha value is -3.63. The second kappa shape index (κ2) is 9.92. The van der Waals surface area contributed by atoms with E-state index >= 15 is 0 Å². The van der Waals surface area contributed by atoms with Crippen molar-refractivity contribution >= 4 is 35.7 Å². The maximum atomic E-state index is 12.8. The second-order valence-corrected chi connectivity index (χ2v) is 11.7. The van der Waals surface area contributed by atoms with Crippen LogP contribution in [0.1, 0.15) is 34.6 Å². The molecule has 0 aliphatic carbocycles. The van der Waals surface area contributed by atoms with Gasteiger partial charge in [-0.25, -0.2) is 19.8 Å². The van der Waals surface area contributed by atoms with Crippen molar-refractivity contribution in [3.05, 3.63) is 30.1 Å². The van der Waals surface area contributed by atoms with Gasteiger partial charge in [0.15, 0.2) is 0 Å². The van der Waals surface area contributed by atoms with Crippen LogP contribution in [0.3, 0.4) is 0 Å². The van der Waals surface area contributed by atoms with Gasteiger partial charge in [0.05, 0.1) is 23.8 Å². The van der Waals surface area contributed by atoms with E-state index in [1.165, 1.54) is 0 Å². The molecule has 4 aliphatic heterocycles. The summed E-state index contributed by atoms with van der Waals surface area (Å²) in [6, 6.07) is 4.12. The molecule has 3 unspecified atom stereocenters. The Morgan fingerprint density at radius 1 is 1.16 bits per heavy atom. The summed E-state index contributed by atoms with van der Waals surface area (Å²) in [7, 11) is 1.86. The molecule has 1 aromatic heterocycles. The minimum atomic E-state index is -0.497. The van der Waals surface area contributed by atoms with Crippen LogP contribution < -0.4 is 10.2 Å². The number of carbonyl (C=O) groups is 2. The van der Waals surface area contributed by atoms with Gasteiger partial charge in [-0.2, -0.15) is 0 Å². The summed E-state index contributed by atoms with van der Waals surface area (Å²) < 4.78 is 5.49. The largest absolute Gasteiger partial charge is 0.444 e. The number of hydrogen-bond acceptors (Lipinski definition) is 9. The first-order valence-corrected chi connectivity index (χ1v) is 13.3. The van der Waals surface area contributed by atoms with E-state index in [0.717, 1.165) is 11.4 Å². The van der Waals surface area contributed by atoms with Gasteiger partial charge in [-0.3, -0.25) is 4.79 Å². The first-order valence-electron chi connectivity index (χ1n) is 13.3. The quantitative estimate of drug-likeness (QED) is 0.651. The number of amides is 2. The zero-order chi connectivity index (χ0) is 27.2. The van der Waals surface area contributed by atoms with Gasteiger partial charge in [-0.15, -0.1) is 0 Å². The van der Waals surface area contributed by atoms with E-state index in [1.54, 1.807) is 9.80 Å². The fourth-order valence-corrected chi connectivity index (χ4v) is 5.30. The van der Waals surface area contributed by atoms with Crippen molar-refractivity contribution < 1.29 is 14.3 Å². The molecule has 2 fully saturated rings. The lowest BCUT2D eigenvalue weighted by Gasteiger charge is -2.44. The SMILES string of the molecule is CC(C)C1CN(C)C(=O)C2=CC3C=NC(Nc4ccc(N5CCN(C(=O)OC(C)(C)C)CC5)cn4)=NC3N21. The van der Waals surface area contributed by atoms with Crippen molar-refractivity contribution in [3.8, 4) is 0 Å². The maximum Gasteiger partial charge on any atom is 0.410 e. The van der Waals surface area contributed by atoms with Gasteiger partial charge >= 0.3 is 6.09 Å². The van der Waals surface area contributed by atoms with E-state index < -0.39 is 5.60 Å². The highest BCUT2D eigenvalue weighted by molar-refractivity contribution is 6.01. The number of aromatic nitrogens is 1. The van der Waals surface area contributed by atoms with Crippen molar-refractivity contribution in [2.45, 2.75) is 52.4 Å². The fraction of sp³-hybridized carbons (Fsp3) is 0.593. The molecular formula is C27H38N8O3. The summed E-state index contributed by atoms with van der Waals surface area (Å²) >= 11 is 0. The number of carbonyl (C=O) groups excluding carboxylic acids is 2. The summed E-state index contributed by atoms with van der Waals surface area (Å²) in [6.07, 6.45) is 5.24. The summed E-state index contributed by atoms with van der Waals surface area (Å²) in [4.78, 5) is 47.1. The van der Waals surface area contributed by atoms with Gasteiger partial charge in [0, 0.05) is 46.0 Å². The molecule has 38 heavy (non-hydrogen) atoms. The minimum Gasteiger partial charge on any atom is -0.444 e. The number of nitrogens with zero attached hydrogens (tertiary/aromatic N) is 7. The third-order valence-electron chi connectivity index (χ3n) is 7.32. The van der Waals surface area contributed by atoms with Crippen molar-refractivity contribution in [3.63, 3.8) is 0 Å². The average Bonchev–Trinajstić information content (AvgIpc) is 3.25. The van der Waals surface area contributed by atoms with Gasteiger partial charge in [0.2, 0.25) is 5.96 Å². The van der Waals surface area contributed by atoms with Crippen LogP contribution in [0.25, 0.3) is 0 Å². The lowest BCUT2D eigenvalue weighted by molar-refractivity contribution is -0.132. The monoisotopic (exact) mass is 522 g/mol. The smallest absolute Gasteiger partial charge is 0.410 e. The second-order valence-electron chi connectivity index (χ2n) is 11.7. The third-order valence-corrected chi connectivity index (χ3v) is 7.32. The molecule has 11 heteroatoms. The van der Waals surface area contributed by atoms with Gasteiger partial charge < -0.3 is 29.7 Å². The van der Waals surface area contributed by atoms with Crippen molar-refractivity contribution in [2.24, 2.45) is 21.8 Å². The number of hydrogen-bond donors (Lipinski definition) is 1. The predicted octanol–water partition coefficient (Wildman–Crippen LogP) is 2.63. The van der Waals surface area contributed by atoms with Crippen LogP contribution in [0, 0.1) is 11.8 Å². The molecule has 2 saturated heterocycles. The van der Waals surface area contributed by atoms with E-state index in [1.807, 2.05) is 58.4 Å². The number of anilines is 2. The summed E-state index contributed by atoms with van der Waals surface area (Å²) in [5, 5.41) is 3.23. The number of ether oxygens (including phenoxy) is 1. The highest BCUT2D eigenvalue weighted by Crippen LogP contribution is 2.37. The van der Waals surface area contributed by atoms with Crippen molar-refractivity contribution in [1.82, 2.24) is 19.7 Å². The molecule has 4 aliphatic rings. The molecule has 11 nitrogen and oxygen atoms in total. The highest BCUT2D eigenvalue weighted by atomic mass is 16.6. The molecule has 204 valence electrons. The van der Waals surface area contributed by atoms with E-state index in [-0.39, 0.29) is 30.1 Å². The number of piperazine rings is 2. The number of fused-ring (bicyclic) bond motifs is 3. The van der Waals surface area contributed by atoms with Crippen LogP contribution in [0.4, 0.5) is 16.3 Å². The van der Waals surface area contributed by atoms with Crippen LogP contribution >= 0.6 is 0 Å². The topological polar surface area (TPSA) is 106 Å². The number of guanidine groups is 1. The normalized spacial score (nSPS) is 25.2. The molecule has 1 aromatic rings. The Morgan fingerprint density at radius 2 is 1.89 bits per heavy atom. The number of pyridine rings is 1. The Kier molecular flexibility index (Phi) is 6.79. The third kappa shape index (κ3) is 5.19. The summed E-state index contributed by atoms with van der Waals surface area (Å²) in [6.45, 7) is 13.3. The zero-order valence-electron chi connectivity index (χ0n) is 23.1. The molecule has 0 radical (unpaired) electrons. The number of likely N-dealkylation sites (N-methyl/N-ethyl adjacent to an activating group) is 1. The molecule has 0 saturated carbocycles. The Morgan fingerprint density at radius 3 is 2.53 bits per heavy atom. The van der Waals surface area contributed by atoms with Gasteiger partial charge in [0.25, 0.3) is 5.91 Å². The molecule has 1 N–H and O–H groups in total. The number of aliphatic imine (C=N–C) groups is 2. The zero-order valence-corrected chi connectivity index (χ0v) is 23.1. The Bertz CT molecular complexity index is 1160. The molecule has 3 atom stereocenters. The van der Waals surface area contributed by atoms with Gasteiger partial charge in [-0.05, 0) is 44.9 Å². The molecule has 0 spiro atoms. The van der Waals surface area contributed by atoms with E-state index in [9.17, 15) is 9.59 Å². The summed E-state index contributed by atoms with van der Waals surface area (Å²) in [5.41, 5.74) is 1.22. The summed E-state index contributed by atoms with van der Waals surface area (Å²) in [5.74, 6) is 1.52. The standard InChI is InChI=1S/C27H38N8O3/c1-17(2)21-16-32(6)24(36)20-13-18-14-29-25(31-23(18)35(20)21)30-22-8-7-19(15-28-22)33-9-11-34(12-10-33)26(37)38-27(3,4)5/h7-8,13-15,17-18,21,23H,9-12,16H2,1-6H3,(H,28,30,31). The van der Waals surface area contributed by atoms with Gasteiger partial charge in [0.1, 0.15) is 23.3 Å². The van der Waals surface area contributed by atoms with Crippen molar-refractivity contribution in [1.29, 1.82) is 0 Å². The molecule has 5 heterocycles. The average molecular weight is 523 g/mol. The van der Waals surface area contributed by atoms with Crippen LogP contribution in [-0.4, -0.2) is 101 Å². The lowest BCUT2D eigenvalue weighted by Crippen LogP contribution is -2.57. The molecule has 5 rings (SSSR count). The van der Waals surface area contributed by atoms with E-state index in [2.05, 4.69) is 38.9 Å². The fourth-order valence-electron chi connectivity index (χ4n) is 5.30. The number of rotatable bonds is 3. The van der Waals surface area contributed by atoms with Crippen LogP contribution in [-0.2, 0) is 9.53 Å². The molecular weight excluding hydrogens is 484 g/mol. The Labute approximate surface area is 224 Å². The first-order chi connectivity index (χ1) is 18.0. The van der Waals surface area contributed by atoms with Gasteiger partial charge in [-0.1, -0.05) is 13.8 Å². The Balaban J connectivity index is 1.21. The molecule has 0 bridgehead atoms. The van der Waals surface area contributed by atoms with E-state index in [4.69, 9.17) is 9.73 Å². The maximum absolute atomic E-state index is 12.8. The van der Waals surface area contributed by atoms with Crippen LogP contribution in [0.2, 0.25) is 0 Å². The number of nitrogens with one attached hydrogen (secondary N) is 1. The lowest BCUT2D eigenvalue weighted by atomic mass is 9.98. The predicted molar refractivity (Wildman–Crippen MR) is 147 cm³/mol. The van der Waals surface area contributed by atoms with E-state index in [0.29, 0.717) is 50.4 Å². The van der Waals surface area contributed by atoms with Crippen LogP contribution in [0.5, 0.6) is 0 Å². The highest BCUT2D eigenvalue weighted by Gasteiger charge is 2.46. The minimum absolute atomic E-state index is 0.0260.